The van der Waals surface area contributed by atoms with Gasteiger partial charge in [0.2, 0.25) is 0 Å². The van der Waals surface area contributed by atoms with E-state index in [1.54, 1.807) is 12.4 Å². The number of hydrogen-bond acceptors (Lipinski definition) is 4. The number of oxazole rings is 1. The van der Waals surface area contributed by atoms with Crippen molar-refractivity contribution >= 4 is 22.8 Å². The lowest BCUT2D eigenvalue weighted by Gasteiger charge is -2.30. The number of aromatic nitrogens is 3. The van der Waals surface area contributed by atoms with Gasteiger partial charge in [0.1, 0.15) is 5.52 Å². The first-order chi connectivity index (χ1) is 11.3. The molecule has 1 aliphatic rings. The maximum Gasteiger partial charge on any atom is 0.321 e. The van der Waals surface area contributed by atoms with Crippen LogP contribution in [0.4, 0.5) is 10.5 Å². The van der Waals surface area contributed by atoms with Gasteiger partial charge in [-0.1, -0.05) is 12.1 Å². The highest BCUT2D eigenvalue weighted by Crippen LogP contribution is 2.30. The summed E-state index contributed by atoms with van der Waals surface area (Å²) in [6.45, 7) is 1.38. The van der Waals surface area contributed by atoms with Gasteiger partial charge in [-0.25, -0.2) is 9.78 Å². The van der Waals surface area contributed by atoms with Gasteiger partial charge in [-0.2, -0.15) is 5.10 Å². The monoisotopic (exact) mass is 311 g/mol. The third-order valence-corrected chi connectivity index (χ3v) is 4.19. The number of nitrogens with one attached hydrogen (secondary N) is 2. The number of rotatable bonds is 2. The quantitative estimate of drug-likeness (QED) is 0.761. The van der Waals surface area contributed by atoms with Crippen LogP contribution >= 0.6 is 0 Å². The number of aromatic amines is 1. The Morgan fingerprint density at radius 3 is 2.87 bits per heavy atom. The van der Waals surface area contributed by atoms with Crippen LogP contribution in [0.25, 0.3) is 11.1 Å². The molecule has 3 aromatic rings. The van der Waals surface area contributed by atoms with Crippen LogP contribution in [0.2, 0.25) is 0 Å². The minimum atomic E-state index is -0.0950. The number of fused-ring (bicyclic) bond motifs is 1. The fourth-order valence-corrected chi connectivity index (χ4v) is 2.92. The minimum absolute atomic E-state index is 0.0950. The molecule has 0 radical (unpaired) electrons. The lowest BCUT2D eigenvalue weighted by atomic mass is 9.97. The van der Waals surface area contributed by atoms with Crippen molar-refractivity contribution in [2.24, 2.45) is 0 Å². The third-order valence-electron chi connectivity index (χ3n) is 4.19. The lowest BCUT2D eigenvalue weighted by Crippen LogP contribution is -2.40. The Kier molecular flexibility index (Phi) is 3.45. The van der Waals surface area contributed by atoms with Crippen LogP contribution in [0.1, 0.15) is 24.7 Å². The van der Waals surface area contributed by atoms with Crippen molar-refractivity contribution in [1.82, 2.24) is 20.1 Å². The number of amides is 2. The molecule has 0 bridgehead atoms. The first-order valence-corrected chi connectivity index (χ1v) is 7.70. The van der Waals surface area contributed by atoms with Gasteiger partial charge in [-0.05, 0) is 25.0 Å². The zero-order chi connectivity index (χ0) is 15.6. The highest BCUT2D eigenvalue weighted by atomic mass is 16.3. The molecule has 118 valence electrons. The molecule has 4 rings (SSSR count). The Morgan fingerprint density at radius 2 is 2.13 bits per heavy atom. The molecule has 0 aliphatic carbocycles. The minimum Gasteiger partial charge on any atom is -0.440 e. The maximum atomic E-state index is 12.2. The van der Waals surface area contributed by atoms with E-state index in [9.17, 15) is 4.79 Å². The van der Waals surface area contributed by atoms with E-state index in [4.69, 9.17) is 4.42 Å². The summed E-state index contributed by atoms with van der Waals surface area (Å²) < 4.78 is 5.85. The van der Waals surface area contributed by atoms with Crippen molar-refractivity contribution in [1.29, 1.82) is 0 Å². The molecule has 7 nitrogen and oxygen atoms in total. The Morgan fingerprint density at radius 1 is 1.30 bits per heavy atom. The molecule has 3 heterocycles. The average molecular weight is 311 g/mol. The SMILES string of the molecule is O=C(Nc1cn[nH]c1)N1CCC(c2nc3ccccc3o2)CC1. The number of benzene rings is 1. The van der Waals surface area contributed by atoms with Crippen LogP contribution in [-0.2, 0) is 0 Å². The molecule has 0 saturated carbocycles. The number of piperidine rings is 1. The predicted molar refractivity (Wildman–Crippen MR) is 85.2 cm³/mol. The smallest absolute Gasteiger partial charge is 0.321 e. The van der Waals surface area contributed by atoms with Gasteiger partial charge in [0, 0.05) is 25.2 Å². The molecular formula is C16H17N5O2. The number of para-hydroxylation sites is 2. The number of urea groups is 1. The summed E-state index contributed by atoms with van der Waals surface area (Å²) in [7, 11) is 0. The Balaban J connectivity index is 1.39. The second kappa shape index (κ2) is 5.75. The lowest BCUT2D eigenvalue weighted by molar-refractivity contribution is 0.190. The molecule has 1 aliphatic heterocycles. The molecule has 1 saturated heterocycles. The zero-order valence-electron chi connectivity index (χ0n) is 12.5. The van der Waals surface area contributed by atoms with E-state index < -0.39 is 0 Å². The van der Waals surface area contributed by atoms with Crippen molar-refractivity contribution in [3.8, 4) is 0 Å². The van der Waals surface area contributed by atoms with E-state index >= 15 is 0 Å². The standard InChI is InChI=1S/C16H17N5O2/c22-16(19-12-9-17-18-10-12)21-7-5-11(6-8-21)15-20-13-3-1-2-4-14(13)23-15/h1-4,9-11H,5-8H2,(H,17,18)(H,19,22). The number of nitrogens with zero attached hydrogens (tertiary/aromatic N) is 3. The predicted octanol–water partition coefficient (Wildman–Crippen LogP) is 2.96. The Bertz CT molecular complexity index is 770. The van der Waals surface area contributed by atoms with Gasteiger partial charge in [0.05, 0.1) is 11.9 Å². The molecule has 1 fully saturated rings. The molecule has 2 amide bonds. The summed E-state index contributed by atoms with van der Waals surface area (Å²) >= 11 is 0. The normalized spacial score (nSPS) is 15.9. The summed E-state index contributed by atoms with van der Waals surface area (Å²) in [5.41, 5.74) is 2.39. The summed E-state index contributed by atoms with van der Waals surface area (Å²) in [5, 5.41) is 9.31. The van der Waals surface area contributed by atoms with Crippen LogP contribution in [0, 0.1) is 0 Å². The van der Waals surface area contributed by atoms with E-state index in [2.05, 4.69) is 20.5 Å². The molecule has 1 aromatic carbocycles. The summed E-state index contributed by atoms with van der Waals surface area (Å²) in [4.78, 5) is 18.6. The van der Waals surface area contributed by atoms with Crippen LogP contribution in [-0.4, -0.2) is 39.2 Å². The molecule has 2 N–H and O–H groups in total. The van der Waals surface area contributed by atoms with E-state index in [1.807, 2.05) is 29.2 Å². The van der Waals surface area contributed by atoms with E-state index in [1.165, 1.54) is 0 Å². The van der Waals surface area contributed by atoms with Gasteiger partial charge in [0.15, 0.2) is 11.5 Å². The van der Waals surface area contributed by atoms with Gasteiger partial charge < -0.3 is 14.6 Å². The van der Waals surface area contributed by atoms with Crippen molar-refractivity contribution in [3.63, 3.8) is 0 Å². The van der Waals surface area contributed by atoms with Crippen LogP contribution < -0.4 is 5.32 Å². The fraction of sp³-hybridized carbons (Fsp3) is 0.312. The highest BCUT2D eigenvalue weighted by molar-refractivity contribution is 5.89. The highest BCUT2D eigenvalue weighted by Gasteiger charge is 2.27. The van der Waals surface area contributed by atoms with Gasteiger partial charge >= 0.3 is 6.03 Å². The summed E-state index contributed by atoms with van der Waals surface area (Å²) in [6, 6.07) is 7.69. The van der Waals surface area contributed by atoms with Crippen molar-refractivity contribution in [2.75, 3.05) is 18.4 Å². The maximum absolute atomic E-state index is 12.2. The average Bonchev–Trinajstić information content (AvgIpc) is 3.24. The molecule has 2 aromatic heterocycles. The summed E-state index contributed by atoms with van der Waals surface area (Å²) in [6.07, 6.45) is 4.95. The number of hydrogen-bond donors (Lipinski definition) is 2. The first-order valence-electron chi connectivity index (χ1n) is 7.70. The second-order valence-corrected chi connectivity index (χ2v) is 5.70. The Labute approximate surface area is 132 Å². The topological polar surface area (TPSA) is 87.0 Å². The van der Waals surface area contributed by atoms with E-state index in [-0.39, 0.29) is 11.9 Å². The van der Waals surface area contributed by atoms with Crippen molar-refractivity contribution in [2.45, 2.75) is 18.8 Å². The molecule has 0 atom stereocenters. The van der Waals surface area contributed by atoms with Crippen molar-refractivity contribution in [3.05, 3.63) is 42.5 Å². The molecule has 0 spiro atoms. The van der Waals surface area contributed by atoms with Crippen molar-refractivity contribution < 1.29 is 9.21 Å². The number of likely N-dealkylation sites (tertiary alicyclic amines) is 1. The van der Waals surface area contributed by atoms with Crippen LogP contribution in [0.3, 0.4) is 0 Å². The molecule has 23 heavy (non-hydrogen) atoms. The summed E-state index contributed by atoms with van der Waals surface area (Å²) in [5.74, 6) is 1.04. The fourth-order valence-electron chi connectivity index (χ4n) is 2.92. The molecule has 0 unspecified atom stereocenters. The molecular weight excluding hydrogens is 294 g/mol. The third kappa shape index (κ3) is 2.77. The number of carbonyl (C=O) groups excluding carboxylic acids is 1. The number of H-pyrrole nitrogens is 1. The molecule has 7 heteroatoms. The largest absolute Gasteiger partial charge is 0.440 e. The number of carbonyl (C=O) groups is 1. The van der Waals surface area contributed by atoms with Gasteiger partial charge in [-0.3, -0.25) is 5.10 Å². The van der Waals surface area contributed by atoms with Gasteiger partial charge in [-0.15, -0.1) is 0 Å². The van der Waals surface area contributed by atoms with Gasteiger partial charge in [0.25, 0.3) is 0 Å². The Hall–Kier alpha value is -2.83. The first kappa shape index (κ1) is 13.8. The number of anilines is 1. The van der Waals surface area contributed by atoms with Crippen LogP contribution in [0.5, 0.6) is 0 Å². The van der Waals surface area contributed by atoms with E-state index in [0.29, 0.717) is 18.8 Å². The second-order valence-electron chi connectivity index (χ2n) is 5.70. The van der Waals surface area contributed by atoms with Crippen LogP contribution in [0.15, 0.2) is 41.1 Å². The zero-order valence-corrected chi connectivity index (χ0v) is 12.5. The van der Waals surface area contributed by atoms with E-state index in [0.717, 1.165) is 29.8 Å².